The summed E-state index contributed by atoms with van der Waals surface area (Å²) in [6, 6.07) is 27.0. The monoisotopic (exact) mass is 592 g/mol. The summed E-state index contributed by atoms with van der Waals surface area (Å²) in [5, 5.41) is 13.5. The molecule has 0 aliphatic carbocycles. The van der Waals surface area contributed by atoms with E-state index in [0.29, 0.717) is 45.2 Å². The summed E-state index contributed by atoms with van der Waals surface area (Å²) in [4.78, 5) is 12.8. The van der Waals surface area contributed by atoms with Crippen LogP contribution in [0.25, 0.3) is 6.08 Å². The lowest BCUT2D eigenvalue weighted by molar-refractivity contribution is -0.112. The van der Waals surface area contributed by atoms with Gasteiger partial charge in [-0.2, -0.15) is 5.26 Å². The summed E-state index contributed by atoms with van der Waals surface area (Å²) in [6.07, 6.45) is 1.42. The second-order valence-electron chi connectivity index (χ2n) is 8.49. The number of hydrogen-bond acceptors (Lipinski definition) is 5. The Morgan fingerprint density at radius 1 is 0.850 bits per heavy atom. The van der Waals surface area contributed by atoms with Gasteiger partial charge in [0.25, 0.3) is 5.91 Å². The Morgan fingerprint density at radius 3 is 2.25 bits per heavy atom. The molecule has 1 amide bonds. The number of nitrogens with one attached hydrogen (secondary N) is 1. The first-order valence-electron chi connectivity index (χ1n) is 12.0. The minimum absolute atomic E-state index is 0.119. The highest BCUT2D eigenvalue weighted by atomic mass is 35.5. The maximum Gasteiger partial charge on any atom is 0.266 e. The summed E-state index contributed by atoms with van der Waals surface area (Å²) < 4.78 is 17.1. The van der Waals surface area contributed by atoms with Gasteiger partial charge in [0.2, 0.25) is 0 Å². The van der Waals surface area contributed by atoms with Crippen LogP contribution in [0.15, 0.2) is 90.5 Å². The minimum Gasteiger partial charge on any atom is -0.493 e. The van der Waals surface area contributed by atoms with Crippen molar-refractivity contribution in [2.45, 2.75) is 13.2 Å². The second kappa shape index (κ2) is 13.8. The van der Waals surface area contributed by atoms with Crippen molar-refractivity contribution in [1.29, 1.82) is 5.26 Å². The number of rotatable bonds is 10. The molecule has 0 bridgehead atoms. The van der Waals surface area contributed by atoms with E-state index in [1.807, 2.05) is 36.4 Å². The Bertz CT molecular complexity index is 1570. The lowest BCUT2D eigenvalue weighted by atomic mass is 10.1. The predicted molar refractivity (Wildman–Crippen MR) is 158 cm³/mol. The molecule has 0 saturated heterocycles. The van der Waals surface area contributed by atoms with Gasteiger partial charge in [0, 0.05) is 5.69 Å². The number of carbonyl (C=O) groups is 1. The number of methoxy groups -OCH3 is 1. The third-order valence-electron chi connectivity index (χ3n) is 5.66. The molecule has 0 aliphatic rings. The van der Waals surface area contributed by atoms with Crippen molar-refractivity contribution in [3.63, 3.8) is 0 Å². The molecule has 4 aromatic carbocycles. The Balaban J connectivity index is 1.42. The molecule has 9 heteroatoms. The van der Waals surface area contributed by atoms with Gasteiger partial charge in [-0.15, -0.1) is 0 Å². The van der Waals surface area contributed by atoms with Crippen molar-refractivity contribution in [1.82, 2.24) is 0 Å². The highest BCUT2D eigenvalue weighted by Gasteiger charge is 2.15. The SMILES string of the molecule is COc1cc(/C=C(\C#N)C(=O)Nc2ccc(OCc3ccccc3)cc2)cc(Cl)c1OCc1ccc(Cl)c(Cl)c1. The van der Waals surface area contributed by atoms with Crippen LogP contribution in [0.4, 0.5) is 5.69 Å². The van der Waals surface area contributed by atoms with Gasteiger partial charge in [-0.1, -0.05) is 71.2 Å². The lowest BCUT2D eigenvalue weighted by Gasteiger charge is -2.14. The molecule has 0 aliphatic heterocycles. The zero-order valence-corrected chi connectivity index (χ0v) is 23.6. The Morgan fingerprint density at radius 2 is 1.57 bits per heavy atom. The van der Waals surface area contributed by atoms with E-state index in [1.54, 1.807) is 54.6 Å². The molecule has 0 spiro atoms. The van der Waals surface area contributed by atoms with Crippen molar-refractivity contribution < 1.29 is 19.0 Å². The third kappa shape index (κ3) is 7.71. The van der Waals surface area contributed by atoms with E-state index in [0.717, 1.165) is 11.1 Å². The average molecular weight is 594 g/mol. The number of anilines is 1. The molecule has 0 saturated carbocycles. The summed E-state index contributed by atoms with van der Waals surface area (Å²) in [5.41, 5.74) is 2.72. The van der Waals surface area contributed by atoms with Gasteiger partial charge in [-0.05, 0) is 71.3 Å². The predicted octanol–water partition coefficient (Wildman–Crippen LogP) is 8.36. The quantitative estimate of drug-likeness (QED) is 0.148. The van der Waals surface area contributed by atoms with Gasteiger partial charge in [0.15, 0.2) is 11.5 Å². The zero-order valence-electron chi connectivity index (χ0n) is 21.3. The lowest BCUT2D eigenvalue weighted by Crippen LogP contribution is -2.13. The van der Waals surface area contributed by atoms with E-state index in [4.69, 9.17) is 49.0 Å². The number of amides is 1. The fourth-order valence-electron chi connectivity index (χ4n) is 3.64. The topological polar surface area (TPSA) is 80.6 Å². The van der Waals surface area contributed by atoms with Crippen molar-refractivity contribution in [3.05, 3.63) is 122 Å². The van der Waals surface area contributed by atoms with Crippen LogP contribution in [0, 0.1) is 11.3 Å². The largest absolute Gasteiger partial charge is 0.493 e. The van der Waals surface area contributed by atoms with Crippen LogP contribution in [0.1, 0.15) is 16.7 Å². The molecule has 40 heavy (non-hydrogen) atoms. The molecule has 4 rings (SSSR count). The molecular formula is C31H23Cl3N2O4. The Kier molecular flexibility index (Phi) is 9.93. The molecule has 202 valence electrons. The summed E-state index contributed by atoms with van der Waals surface area (Å²) in [6.45, 7) is 0.600. The molecule has 0 radical (unpaired) electrons. The first kappa shape index (κ1) is 28.8. The van der Waals surface area contributed by atoms with Crippen molar-refractivity contribution in [2.75, 3.05) is 12.4 Å². The first-order chi connectivity index (χ1) is 19.4. The van der Waals surface area contributed by atoms with E-state index < -0.39 is 5.91 Å². The fraction of sp³-hybridized carbons (Fsp3) is 0.0968. The van der Waals surface area contributed by atoms with Gasteiger partial charge in [0.1, 0.15) is 30.6 Å². The minimum atomic E-state index is -0.574. The number of halogens is 3. The number of hydrogen-bond donors (Lipinski definition) is 1. The zero-order chi connectivity index (χ0) is 28.5. The van der Waals surface area contributed by atoms with Gasteiger partial charge in [-0.25, -0.2) is 0 Å². The van der Waals surface area contributed by atoms with E-state index in [9.17, 15) is 10.1 Å². The second-order valence-corrected chi connectivity index (χ2v) is 9.72. The summed E-state index contributed by atoms with van der Waals surface area (Å²) >= 11 is 18.5. The Hall–Kier alpha value is -4.15. The van der Waals surface area contributed by atoms with Gasteiger partial charge in [-0.3, -0.25) is 4.79 Å². The molecule has 0 heterocycles. The van der Waals surface area contributed by atoms with Crippen LogP contribution in [0.2, 0.25) is 15.1 Å². The van der Waals surface area contributed by atoms with Crippen molar-refractivity contribution in [2.24, 2.45) is 0 Å². The third-order valence-corrected chi connectivity index (χ3v) is 6.68. The highest BCUT2D eigenvalue weighted by Crippen LogP contribution is 2.38. The molecule has 0 aromatic heterocycles. The van der Waals surface area contributed by atoms with Crippen LogP contribution < -0.4 is 19.5 Å². The normalized spacial score (nSPS) is 10.9. The maximum absolute atomic E-state index is 12.8. The van der Waals surface area contributed by atoms with Gasteiger partial charge < -0.3 is 19.5 Å². The number of nitrogens with zero attached hydrogens (tertiary/aromatic N) is 1. The molecule has 0 fully saturated rings. The van der Waals surface area contributed by atoms with E-state index in [-0.39, 0.29) is 17.2 Å². The molecule has 6 nitrogen and oxygen atoms in total. The number of nitriles is 1. The molecular weight excluding hydrogens is 571 g/mol. The molecule has 0 unspecified atom stereocenters. The van der Waals surface area contributed by atoms with E-state index >= 15 is 0 Å². The first-order valence-corrected chi connectivity index (χ1v) is 13.1. The van der Waals surface area contributed by atoms with Crippen molar-refractivity contribution in [3.8, 4) is 23.3 Å². The summed E-state index contributed by atoms with van der Waals surface area (Å²) in [5.74, 6) is 0.726. The van der Waals surface area contributed by atoms with Crippen molar-refractivity contribution >= 4 is 52.5 Å². The Labute approximate surface area is 247 Å². The van der Waals surface area contributed by atoms with Crippen LogP contribution in [-0.4, -0.2) is 13.0 Å². The molecule has 0 atom stereocenters. The smallest absolute Gasteiger partial charge is 0.266 e. The standard InChI is InChI=1S/C31H23Cl3N2O4/c1-38-29-16-22(15-28(34)30(29)40-19-21-7-12-26(32)27(33)14-21)13-23(17-35)31(37)36-24-8-10-25(11-9-24)39-18-20-5-3-2-4-6-20/h2-16H,18-19H2,1H3,(H,36,37)/b23-13+. The molecule has 1 N–H and O–H groups in total. The number of ether oxygens (including phenoxy) is 3. The fourth-order valence-corrected chi connectivity index (χ4v) is 4.23. The van der Waals surface area contributed by atoms with Crippen LogP contribution in [-0.2, 0) is 18.0 Å². The van der Waals surface area contributed by atoms with E-state index in [1.165, 1.54) is 13.2 Å². The summed E-state index contributed by atoms with van der Waals surface area (Å²) in [7, 11) is 1.47. The van der Waals surface area contributed by atoms with Crippen LogP contribution >= 0.6 is 34.8 Å². The van der Waals surface area contributed by atoms with Crippen LogP contribution in [0.5, 0.6) is 17.2 Å². The maximum atomic E-state index is 12.8. The van der Waals surface area contributed by atoms with E-state index in [2.05, 4.69) is 5.32 Å². The van der Waals surface area contributed by atoms with Gasteiger partial charge in [0.05, 0.1) is 22.2 Å². The number of benzene rings is 4. The average Bonchev–Trinajstić information content (AvgIpc) is 2.97. The molecule has 4 aromatic rings. The highest BCUT2D eigenvalue weighted by molar-refractivity contribution is 6.42. The number of carbonyl (C=O) groups excluding carboxylic acids is 1. The van der Waals surface area contributed by atoms with Gasteiger partial charge >= 0.3 is 0 Å². The van der Waals surface area contributed by atoms with Crippen LogP contribution in [0.3, 0.4) is 0 Å².